The molecule has 1 aromatic carbocycles. The second kappa shape index (κ2) is 4.27. The smallest absolute Gasteiger partial charge is 0.235 e. The highest BCUT2D eigenvalue weighted by Gasteiger charge is 2.01. The first-order valence-corrected chi connectivity index (χ1v) is 3.82. The first kappa shape index (κ1) is 10.0. The van der Waals surface area contributed by atoms with E-state index in [2.05, 4.69) is 0 Å². The minimum absolute atomic E-state index is 0.0557. The molecule has 14 heavy (non-hydrogen) atoms. The van der Waals surface area contributed by atoms with Crippen LogP contribution in [0.25, 0.3) is 6.08 Å². The molecule has 0 bridgehead atoms. The molecule has 0 saturated heterocycles. The number of nitro groups is 1. The molecule has 0 radical (unpaired) electrons. The van der Waals surface area contributed by atoms with Gasteiger partial charge in [-0.15, -0.1) is 0 Å². The van der Waals surface area contributed by atoms with E-state index in [9.17, 15) is 10.1 Å². The Hall–Kier alpha value is -2.04. The summed E-state index contributed by atoms with van der Waals surface area (Å²) in [5, 5.41) is 19.2. The van der Waals surface area contributed by atoms with Crippen LogP contribution in [-0.2, 0) is 0 Å². The molecule has 5 nitrogen and oxygen atoms in total. The fraction of sp³-hybridized carbons (Fsp3) is 0.111. The van der Waals surface area contributed by atoms with Gasteiger partial charge >= 0.3 is 0 Å². The van der Waals surface area contributed by atoms with Gasteiger partial charge in [-0.2, -0.15) is 0 Å². The lowest BCUT2D eigenvalue weighted by molar-refractivity contribution is -0.400. The van der Waals surface area contributed by atoms with Crippen LogP contribution in [0.1, 0.15) is 5.56 Å². The van der Waals surface area contributed by atoms with Gasteiger partial charge in [-0.3, -0.25) is 10.1 Å². The number of rotatable bonds is 3. The molecule has 5 heteroatoms. The molecule has 0 aromatic heterocycles. The van der Waals surface area contributed by atoms with E-state index in [1.807, 2.05) is 0 Å². The van der Waals surface area contributed by atoms with Gasteiger partial charge in [0.1, 0.15) is 11.5 Å². The molecular formula is C9H9NO4. The van der Waals surface area contributed by atoms with Crippen LogP contribution in [0.2, 0.25) is 0 Å². The molecule has 0 aliphatic heterocycles. The molecule has 0 spiro atoms. The van der Waals surface area contributed by atoms with Gasteiger partial charge in [0.25, 0.3) is 0 Å². The maximum Gasteiger partial charge on any atom is 0.235 e. The zero-order valence-corrected chi connectivity index (χ0v) is 7.51. The third kappa shape index (κ3) is 2.48. The summed E-state index contributed by atoms with van der Waals surface area (Å²) in [6.45, 7) is 0. The average Bonchev–Trinajstić information content (AvgIpc) is 2.15. The van der Waals surface area contributed by atoms with Crippen molar-refractivity contribution in [1.29, 1.82) is 0 Å². The standard InChI is InChI=1S/C9H9NO4/c1-14-9-6-8(11)3-2-7(9)4-5-10(12)13/h2-6,11H,1H3/b5-4+. The quantitative estimate of drug-likeness (QED) is 0.587. The number of hydrogen-bond acceptors (Lipinski definition) is 4. The Morgan fingerprint density at radius 2 is 2.29 bits per heavy atom. The summed E-state index contributed by atoms with van der Waals surface area (Å²) in [7, 11) is 1.43. The van der Waals surface area contributed by atoms with Crippen LogP contribution in [0.3, 0.4) is 0 Å². The first-order chi connectivity index (χ1) is 6.63. The van der Waals surface area contributed by atoms with E-state index in [-0.39, 0.29) is 5.75 Å². The lowest BCUT2D eigenvalue weighted by Crippen LogP contribution is -1.88. The Morgan fingerprint density at radius 3 is 2.86 bits per heavy atom. The second-order valence-corrected chi connectivity index (χ2v) is 2.53. The highest BCUT2D eigenvalue weighted by molar-refractivity contribution is 5.58. The summed E-state index contributed by atoms with van der Waals surface area (Å²) in [6, 6.07) is 4.36. The molecule has 0 saturated carbocycles. The lowest BCUT2D eigenvalue weighted by Gasteiger charge is -2.03. The minimum Gasteiger partial charge on any atom is -0.508 e. The Labute approximate surface area is 80.4 Å². The fourth-order valence-electron chi connectivity index (χ4n) is 0.979. The van der Waals surface area contributed by atoms with Gasteiger partial charge in [0.2, 0.25) is 6.20 Å². The van der Waals surface area contributed by atoms with Crippen molar-refractivity contribution in [3.8, 4) is 11.5 Å². The van der Waals surface area contributed by atoms with E-state index in [1.54, 1.807) is 0 Å². The summed E-state index contributed by atoms with van der Waals surface area (Å²) >= 11 is 0. The highest BCUT2D eigenvalue weighted by Crippen LogP contribution is 2.24. The number of benzene rings is 1. The van der Waals surface area contributed by atoms with E-state index >= 15 is 0 Å². The SMILES string of the molecule is COc1cc(O)ccc1/C=C/[N+](=O)[O-]. The predicted octanol–water partition coefficient (Wildman–Crippen LogP) is 1.65. The van der Waals surface area contributed by atoms with Crippen LogP contribution in [0.5, 0.6) is 11.5 Å². The number of nitrogens with zero attached hydrogens (tertiary/aromatic N) is 1. The van der Waals surface area contributed by atoms with Gasteiger partial charge in [-0.25, -0.2) is 0 Å². The summed E-state index contributed by atoms with van der Waals surface area (Å²) in [4.78, 5) is 9.50. The Kier molecular flexibility index (Phi) is 3.06. The second-order valence-electron chi connectivity index (χ2n) is 2.53. The zero-order chi connectivity index (χ0) is 10.6. The summed E-state index contributed by atoms with van der Waals surface area (Å²) in [5.74, 6) is 0.447. The predicted molar refractivity (Wildman–Crippen MR) is 50.7 cm³/mol. The van der Waals surface area contributed by atoms with Crippen LogP contribution in [0.4, 0.5) is 0 Å². The zero-order valence-electron chi connectivity index (χ0n) is 7.51. The number of aromatic hydroxyl groups is 1. The van der Waals surface area contributed by atoms with Gasteiger partial charge in [0.05, 0.1) is 12.0 Å². The van der Waals surface area contributed by atoms with E-state index < -0.39 is 4.92 Å². The van der Waals surface area contributed by atoms with Crippen LogP contribution in [-0.4, -0.2) is 17.1 Å². The molecule has 1 rings (SSSR count). The number of methoxy groups -OCH3 is 1. The molecule has 1 N–H and O–H groups in total. The van der Waals surface area contributed by atoms with Gasteiger partial charge in [0.15, 0.2) is 0 Å². The van der Waals surface area contributed by atoms with E-state index in [0.29, 0.717) is 11.3 Å². The largest absolute Gasteiger partial charge is 0.508 e. The highest BCUT2D eigenvalue weighted by atomic mass is 16.6. The molecule has 0 aliphatic rings. The Morgan fingerprint density at radius 1 is 1.57 bits per heavy atom. The van der Waals surface area contributed by atoms with Crippen molar-refractivity contribution < 1.29 is 14.8 Å². The van der Waals surface area contributed by atoms with E-state index in [0.717, 1.165) is 6.20 Å². The fourth-order valence-corrected chi connectivity index (χ4v) is 0.979. The molecule has 1 aromatic rings. The lowest BCUT2D eigenvalue weighted by atomic mass is 10.2. The van der Waals surface area contributed by atoms with Crippen molar-refractivity contribution >= 4 is 6.08 Å². The van der Waals surface area contributed by atoms with Gasteiger partial charge in [-0.1, -0.05) is 0 Å². The molecule has 0 amide bonds. The van der Waals surface area contributed by atoms with Crippen LogP contribution in [0, 0.1) is 10.1 Å². The normalized spacial score (nSPS) is 10.4. The van der Waals surface area contributed by atoms with Crippen LogP contribution in [0.15, 0.2) is 24.4 Å². The number of phenols is 1. The third-order valence-electron chi connectivity index (χ3n) is 1.59. The molecule has 74 valence electrons. The molecule has 0 fully saturated rings. The van der Waals surface area contributed by atoms with Gasteiger partial charge in [0, 0.05) is 17.7 Å². The van der Waals surface area contributed by atoms with Crippen molar-refractivity contribution in [1.82, 2.24) is 0 Å². The van der Waals surface area contributed by atoms with Gasteiger partial charge < -0.3 is 9.84 Å². The van der Waals surface area contributed by atoms with Crippen LogP contribution < -0.4 is 4.74 Å². The average molecular weight is 195 g/mol. The monoisotopic (exact) mass is 195 g/mol. The van der Waals surface area contributed by atoms with Crippen molar-refractivity contribution in [2.45, 2.75) is 0 Å². The van der Waals surface area contributed by atoms with Crippen molar-refractivity contribution in [2.75, 3.05) is 7.11 Å². The molecular weight excluding hydrogens is 186 g/mol. The topological polar surface area (TPSA) is 72.6 Å². The van der Waals surface area contributed by atoms with E-state index in [1.165, 1.54) is 31.4 Å². The van der Waals surface area contributed by atoms with E-state index in [4.69, 9.17) is 9.84 Å². The Bertz CT molecular complexity index is 373. The summed E-state index contributed by atoms with van der Waals surface area (Å²) in [5.41, 5.74) is 0.544. The number of phenolic OH excluding ortho intramolecular Hbond substituents is 1. The molecule has 0 heterocycles. The van der Waals surface area contributed by atoms with Crippen LogP contribution >= 0.6 is 0 Å². The molecule has 0 atom stereocenters. The minimum atomic E-state index is -0.563. The maximum atomic E-state index is 10.1. The maximum absolute atomic E-state index is 10.1. The van der Waals surface area contributed by atoms with Gasteiger partial charge in [-0.05, 0) is 12.1 Å². The molecule has 0 aliphatic carbocycles. The Balaban J connectivity index is 3.02. The summed E-state index contributed by atoms with van der Waals surface area (Å²) in [6.07, 6.45) is 2.12. The summed E-state index contributed by atoms with van der Waals surface area (Å²) < 4.78 is 4.92. The number of ether oxygens (including phenoxy) is 1. The van der Waals surface area contributed by atoms with Crippen molar-refractivity contribution in [2.24, 2.45) is 0 Å². The first-order valence-electron chi connectivity index (χ1n) is 3.82. The van der Waals surface area contributed by atoms with Crippen molar-refractivity contribution in [3.05, 3.63) is 40.1 Å². The third-order valence-corrected chi connectivity index (χ3v) is 1.59. The number of hydrogen-bond donors (Lipinski definition) is 1. The van der Waals surface area contributed by atoms with Crippen molar-refractivity contribution in [3.63, 3.8) is 0 Å². The molecule has 0 unspecified atom stereocenters.